The molecule has 0 bridgehead atoms. The number of halogens is 2. The lowest BCUT2D eigenvalue weighted by Crippen LogP contribution is -2.13. The van der Waals surface area contributed by atoms with Crippen LogP contribution in [0.3, 0.4) is 0 Å². The molecule has 4 aromatic rings. The van der Waals surface area contributed by atoms with Crippen molar-refractivity contribution in [3.05, 3.63) is 71.3 Å². The second-order valence-electron chi connectivity index (χ2n) is 8.00. The Morgan fingerprint density at radius 2 is 1.94 bits per heavy atom. The van der Waals surface area contributed by atoms with Gasteiger partial charge in [-0.15, -0.1) is 0 Å². The largest absolute Gasteiger partial charge is 0.494 e. The molecule has 0 unspecified atom stereocenters. The van der Waals surface area contributed by atoms with E-state index in [2.05, 4.69) is 20.3 Å². The highest BCUT2D eigenvalue weighted by atomic mass is 32.2. The van der Waals surface area contributed by atoms with Crippen LogP contribution >= 0.6 is 11.8 Å². The number of pyridine rings is 1. The third-order valence-corrected chi connectivity index (χ3v) is 6.75. The first-order valence-corrected chi connectivity index (χ1v) is 12.6. The maximum absolute atomic E-state index is 14.8. The molecule has 1 aliphatic rings. The number of nitrogens with one attached hydrogen (secondary N) is 1. The van der Waals surface area contributed by atoms with Crippen LogP contribution in [0.5, 0.6) is 11.5 Å². The van der Waals surface area contributed by atoms with E-state index in [1.54, 1.807) is 49.1 Å². The Labute approximate surface area is 211 Å². The van der Waals surface area contributed by atoms with Crippen molar-refractivity contribution in [1.82, 2.24) is 24.7 Å². The van der Waals surface area contributed by atoms with Crippen molar-refractivity contribution in [3.8, 4) is 23.0 Å². The molecule has 1 aliphatic heterocycles. The van der Waals surface area contributed by atoms with Crippen LogP contribution in [0.2, 0.25) is 0 Å². The lowest BCUT2D eigenvalue weighted by atomic mass is 10.1. The third-order valence-electron chi connectivity index (χ3n) is 5.76. The smallest absolute Gasteiger partial charge is 0.182 e. The second-order valence-corrected chi connectivity index (χ2v) is 9.11. The van der Waals surface area contributed by atoms with Crippen molar-refractivity contribution in [1.29, 1.82) is 0 Å². The molecule has 0 spiro atoms. The lowest BCUT2D eigenvalue weighted by molar-refractivity contribution is 0.335. The van der Waals surface area contributed by atoms with E-state index in [4.69, 9.17) is 14.6 Å². The molecule has 0 radical (unpaired) electrons. The van der Waals surface area contributed by atoms with E-state index < -0.39 is 11.6 Å². The molecule has 8 nitrogen and oxygen atoms in total. The number of hydrogen-bond donors (Lipinski definition) is 1. The van der Waals surface area contributed by atoms with Crippen molar-refractivity contribution in [2.24, 2.45) is 0 Å². The number of anilines is 2. The number of hydrogen-bond acceptors (Lipinski definition) is 8. The monoisotopic (exact) mass is 510 g/mol. The van der Waals surface area contributed by atoms with Gasteiger partial charge >= 0.3 is 0 Å². The van der Waals surface area contributed by atoms with Crippen LogP contribution in [-0.2, 0) is 18.7 Å². The van der Waals surface area contributed by atoms with Gasteiger partial charge in [0.25, 0.3) is 0 Å². The summed E-state index contributed by atoms with van der Waals surface area (Å²) in [4.78, 5) is 13.2. The Bertz CT molecular complexity index is 1360. The van der Waals surface area contributed by atoms with Gasteiger partial charge in [-0.05, 0) is 31.2 Å². The Morgan fingerprint density at radius 1 is 1.17 bits per heavy atom. The standard InChI is InChI=1S/C25H24F2N6O2S/c1-3-35-16-10-19(26)17(20(27)11-16)13-33-21-6-9-36-14-18(21)23(32-33)25-29-12-22(34-2)24(31-25)30-15-4-7-28-8-5-15/h4-5,7-8,10-12H,3,6,9,13-14H2,1-2H3,(H,28,29,30,31). The highest BCUT2D eigenvalue weighted by Crippen LogP contribution is 2.35. The fourth-order valence-electron chi connectivity index (χ4n) is 4.05. The molecule has 186 valence electrons. The summed E-state index contributed by atoms with van der Waals surface area (Å²) in [5.74, 6) is 1.78. The zero-order valence-electron chi connectivity index (χ0n) is 19.8. The average molecular weight is 511 g/mol. The summed E-state index contributed by atoms with van der Waals surface area (Å²) < 4.78 is 42.0. The van der Waals surface area contributed by atoms with Gasteiger partial charge in [-0.25, -0.2) is 18.7 Å². The Balaban J connectivity index is 1.53. The van der Waals surface area contributed by atoms with Gasteiger partial charge in [0.05, 0.1) is 26.5 Å². The SMILES string of the molecule is CCOc1cc(F)c(Cn2nc(-c3ncc(OC)c(Nc4ccncc4)n3)c3c2CCSC3)c(F)c1. The fourth-order valence-corrected chi connectivity index (χ4v) is 5.03. The summed E-state index contributed by atoms with van der Waals surface area (Å²) in [7, 11) is 1.54. The van der Waals surface area contributed by atoms with Gasteiger partial charge in [0.1, 0.15) is 23.1 Å². The molecule has 0 aliphatic carbocycles. The van der Waals surface area contributed by atoms with E-state index in [9.17, 15) is 8.78 Å². The number of methoxy groups -OCH3 is 1. The van der Waals surface area contributed by atoms with Crippen LogP contribution in [-0.4, -0.2) is 44.2 Å². The number of aromatic nitrogens is 5. The lowest BCUT2D eigenvalue weighted by Gasteiger charge is -2.15. The predicted octanol–water partition coefficient (Wildman–Crippen LogP) is 5.00. The zero-order chi connectivity index (χ0) is 25.1. The van der Waals surface area contributed by atoms with Gasteiger partial charge in [0, 0.05) is 52.8 Å². The molecule has 0 amide bonds. The van der Waals surface area contributed by atoms with Gasteiger partial charge in [0.2, 0.25) is 0 Å². The van der Waals surface area contributed by atoms with Crippen molar-refractivity contribution in [3.63, 3.8) is 0 Å². The van der Waals surface area contributed by atoms with E-state index in [1.165, 1.54) is 12.1 Å². The molecule has 5 rings (SSSR count). The number of fused-ring (bicyclic) bond motifs is 1. The quantitative estimate of drug-likeness (QED) is 0.354. The average Bonchev–Trinajstić information content (AvgIpc) is 3.25. The summed E-state index contributed by atoms with van der Waals surface area (Å²) in [5, 5.41) is 7.96. The van der Waals surface area contributed by atoms with Gasteiger partial charge in [0.15, 0.2) is 17.4 Å². The fraction of sp³-hybridized carbons (Fsp3) is 0.280. The highest BCUT2D eigenvalue weighted by Gasteiger charge is 2.26. The number of rotatable bonds is 8. The first kappa shape index (κ1) is 24.0. The second kappa shape index (κ2) is 10.5. The minimum absolute atomic E-state index is 0.0463. The Hall–Kier alpha value is -3.73. The van der Waals surface area contributed by atoms with E-state index in [0.29, 0.717) is 35.4 Å². The van der Waals surface area contributed by atoms with Crippen LogP contribution in [0.4, 0.5) is 20.3 Å². The summed E-state index contributed by atoms with van der Waals surface area (Å²) in [6.45, 7) is 2.04. The molecule has 1 aromatic carbocycles. The molecule has 3 aromatic heterocycles. The Morgan fingerprint density at radius 3 is 2.67 bits per heavy atom. The van der Waals surface area contributed by atoms with Gasteiger partial charge in [-0.3, -0.25) is 9.67 Å². The van der Waals surface area contributed by atoms with Gasteiger partial charge in [-0.1, -0.05) is 0 Å². The van der Waals surface area contributed by atoms with Crippen LogP contribution in [0.25, 0.3) is 11.5 Å². The maximum atomic E-state index is 14.8. The van der Waals surface area contributed by atoms with Crippen LogP contribution in [0.1, 0.15) is 23.7 Å². The summed E-state index contributed by atoms with van der Waals surface area (Å²) in [6.07, 6.45) is 5.65. The molecule has 0 saturated carbocycles. The molecule has 0 saturated heterocycles. The van der Waals surface area contributed by atoms with Crippen molar-refractivity contribution in [2.45, 2.75) is 25.6 Å². The molecule has 1 N–H and O–H groups in total. The van der Waals surface area contributed by atoms with Crippen LogP contribution in [0, 0.1) is 11.6 Å². The van der Waals surface area contributed by atoms with Crippen LogP contribution in [0.15, 0.2) is 42.9 Å². The first-order valence-electron chi connectivity index (χ1n) is 11.4. The number of nitrogens with zero attached hydrogens (tertiary/aromatic N) is 5. The molecular weight excluding hydrogens is 486 g/mol. The zero-order valence-corrected chi connectivity index (χ0v) is 20.6. The molecule has 36 heavy (non-hydrogen) atoms. The molecule has 0 fully saturated rings. The summed E-state index contributed by atoms with van der Waals surface area (Å²) in [5.41, 5.74) is 3.21. The number of benzene rings is 1. The first-order chi connectivity index (χ1) is 17.6. The highest BCUT2D eigenvalue weighted by molar-refractivity contribution is 7.98. The number of ether oxygens (including phenoxy) is 2. The topological polar surface area (TPSA) is 87.0 Å². The normalized spacial score (nSPS) is 12.8. The Kier molecular flexibility index (Phi) is 6.99. The van der Waals surface area contributed by atoms with Crippen molar-refractivity contribution in [2.75, 3.05) is 24.8 Å². The molecule has 11 heteroatoms. The maximum Gasteiger partial charge on any atom is 0.182 e. The van der Waals surface area contributed by atoms with Crippen molar-refractivity contribution >= 4 is 23.3 Å². The molecule has 4 heterocycles. The minimum Gasteiger partial charge on any atom is -0.494 e. The van der Waals surface area contributed by atoms with E-state index >= 15 is 0 Å². The van der Waals surface area contributed by atoms with Gasteiger partial charge < -0.3 is 14.8 Å². The summed E-state index contributed by atoms with van der Waals surface area (Å²) in [6, 6.07) is 6.04. The summed E-state index contributed by atoms with van der Waals surface area (Å²) >= 11 is 1.77. The third kappa shape index (κ3) is 4.83. The minimum atomic E-state index is -0.668. The van der Waals surface area contributed by atoms with E-state index in [1.807, 2.05) is 12.1 Å². The molecular formula is C25H24F2N6O2S. The predicted molar refractivity (Wildman–Crippen MR) is 134 cm³/mol. The van der Waals surface area contributed by atoms with E-state index in [-0.39, 0.29) is 17.9 Å². The van der Waals surface area contributed by atoms with Crippen LogP contribution < -0.4 is 14.8 Å². The van der Waals surface area contributed by atoms with Gasteiger partial charge in [-0.2, -0.15) is 16.9 Å². The number of thioether (sulfide) groups is 1. The van der Waals surface area contributed by atoms with E-state index in [0.717, 1.165) is 29.1 Å². The molecule has 0 atom stereocenters. The van der Waals surface area contributed by atoms with Crippen molar-refractivity contribution < 1.29 is 18.3 Å².